The van der Waals surface area contributed by atoms with E-state index in [9.17, 15) is 10.2 Å². The fourth-order valence-corrected chi connectivity index (χ4v) is 1.82. The molecule has 1 aliphatic heterocycles. The van der Waals surface area contributed by atoms with Gasteiger partial charge >= 0.3 is 0 Å². The van der Waals surface area contributed by atoms with Crippen molar-refractivity contribution in [3.8, 4) is 0 Å². The molecule has 1 fully saturated rings. The summed E-state index contributed by atoms with van der Waals surface area (Å²) in [5.74, 6) is 0.665. The standard InChI is InChI=1S/C7H14O4S/c1-10-7-6(9)5(8)4(11-7)3-12-2/h4-9H,3H2,1-2H3/t4-,5-,6+,7-/m1/s1. The molecule has 72 valence electrons. The smallest absolute Gasteiger partial charge is 0.186 e. The van der Waals surface area contributed by atoms with Crippen LogP contribution in [-0.2, 0) is 9.47 Å². The topological polar surface area (TPSA) is 58.9 Å². The first-order chi connectivity index (χ1) is 5.70. The van der Waals surface area contributed by atoms with E-state index < -0.39 is 18.5 Å². The van der Waals surface area contributed by atoms with Gasteiger partial charge in [0.15, 0.2) is 6.29 Å². The second-order valence-corrected chi connectivity index (χ2v) is 3.63. The molecule has 0 radical (unpaired) electrons. The van der Waals surface area contributed by atoms with Crippen LogP contribution >= 0.6 is 11.8 Å². The van der Waals surface area contributed by atoms with Gasteiger partial charge in [-0.15, -0.1) is 0 Å². The van der Waals surface area contributed by atoms with Gasteiger partial charge in [-0.1, -0.05) is 0 Å². The summed E-state index contributed by atoms with van der Waals surface area (Å²) in [4.78, 5) is 0. The van der Waals surface area contributed by atoms with E-state index in [4.69, 9.17) is 9.47 Å². The van der Waals surface area contributed by atoms with Gasteiger partial charge in [-0.05, 0) is 6.26 Å². The molecule has 4 nitrogen and oxygen atoms in total. The Morgan fingerprint density at radius 3 is 2.50 bits per heavy atom. The molecule has 5 heteroatoms. The molecule has 0 spiro atoms. The van der Waals surface area contributed by atoms with Crippen molar-refractivity contribution in [1.82, 2.24) is 0 Å². The Bertz CT molecular complexity index is 143. The zero-order valence-corrected chi connectivity index (χ0v) is 7.95. The summed E-state index contributed by atoms with van der Waals surface area (Å²) in [5, 5.41) is 18.8. The predicted molar refractivity (Wildman–Crippen MR) is 46.1 cm³/mol. The third-order valence-electron chi connectivity index (χ3n) is 1.88. The third kappa shape index (κ3) is 1.92. The average Bonchev–Trinajstić information content (AvgIpc) is 2.33. The summed E-state index contributed by atoms with van der Waals surface area (Å²) >= 11 is 1.57. The number of rotatable bonds is 3. The minimum Gasteiger partial charge on any atom is -0.387 e. The average molecular weight is 194 g/mol. The first-order valence-corrected chi connectivity index (χ1v) is 5.13. The van der Waals surface area contributed by atoms with Gasteiger partial charge in [0.05, 0.1) is 6.10 Å². The predicted octanol–water partition coefficient (Wildman–Crippen LogP) is -0.557. The summed E-state index contributed by atoms with van der Waals surface area (Å²) in [6.07, 6.45) is -0.838. The lowest BCUT2D eigenvalue weighted by atomic mass is 10.2. The summed E-state index contributed by atoms with van der Waals surface area (Å²) in [6, 6.07) is 0. The highest BCUT2D eigenvalue weighted by Crippen LogP contribution is 2.23. The molecule has 1 rings (SSSR count). The first-order valence-electron chi connectivity index (χ1n) is 3.74. The van der Waals surface area contributed by atoms with Crippen LogP contribution < -0.4 is 0 Å². The molecule has 12 heavy (non-hydrogen) atoms. The van der Waals surface area contributed by atoms with Gasteiger partial charge in [0.25, 0.3) is 0 Å². The lowest BCUT2D eigenvalue weighted by molar-refractivity contribution is -0.145. The second kappa shape index (κ2) is 4.43. The van der Waals surface area contributed by atoms with Gasteiger partial charge in [-0.25, -0.2) is 0 Å². The van der Waals surface area contributed by atoms with Crippen molar-refractivity contribution >= 4 is 11.8 Å². The maximum atomic E-state index is 9.42. The highest BCUT2D eigenvalue weighted by molar-refractivity contribution is 7.98. The maximum absolute atomic E-state index is 9.42. The van der Waals surface area contributed by atoms with Gasteiger partial charge < -0.3 is 19.7 Å². The Labute approximate surface area is 75.9 Å². The molecule has 0 aliphatic carbocycles. The van der Waals surface area contributed by atoms with Crippen molar-refractivity contribution < 1.29 is 19.7 Å². The molecule has 0 aromatic heterocycles. The molecular formula is C7H14O4S. The van der Waals surface area contributed by atoms with E-state index in [1.807, 2.05) is 6.26 Å². The van der Waals surface area contributed by atoms with Crippen LogP contribution in [0.25, 0.3) is 0 Å². The largest absolute Gasteiger partial charge is 0.387 e. The van der Waals surface area contributed by atoms with E-state index in [0.717, 1.165) is 0 Å². The Kier molecular flexibility index (Phi) is 3.79. The molecule has 4 atom stereocenters. The monoisotopic (exact) mass is 194 g/mol. The van der Waals surface area contributed by atoms with Crippen LogP contribution in [0.5, 0.6) is 0 Å². The van der Waals surface area contributed by atoms with Crippen LogP contribution in [0, 0.1) is 0 Å². The van der Waals surface area contributed by atoms with Crippen molar-refractivity contribution in [3.05, 3.63) is 0 Å². The Morgan fingerprint density at radius 2 is 2.08 bits per heavy atom. The van der Waals surface area contributed by atoms with Crippen LogP contribution in [-0.4, -0.2) is 53.9 Å². The summed E-state index contributed by atoms with van der Waals surface area (Å²) < 4.78 is 10.1. The first kappa shape index (κ1) is 10.3. The van der Waals surface area contributed by atoms with Crippen molar-refractivity contribution in [2.75, 3.05) is 19.1 Å². The second-order valence-electron chi connectivity index (χ2n) is 2.72. The highest BCUT2D eigenvalue weighted by Gasteiger charge is 2.42. The number of ether oxygens (including phenoxy) is 2. The van der Waals surface area contributed by atoms with Gasteiger partial charge in [0.1, 0.15) is 12.2 Å². The Morgan fingerprint density at radius 1 is 1.42 bits per heavy atom. The normalized spacial score (nSPS) is 42.0. The van der Waals surface area contributed by atoms with Crippen LogP contribution in [0.2, 0.25) is 0 Å². The number of hydrogen-bond donors (Lipinski definition) is 2. The number of aliphatic hydroxyl groups excluding tert-OH is 2. The van der Waals surface area contributed by atoms with Gasteiger partial charge in [-0.2, -0.15) is 11.8 Å². The zero-order valence-electron chi connectivity index (χ0n) is 7.14. The van der Waals surface area contributed by atoms with Crippen LogP contribution in [0.1, 0.15) is 0 Å². The minimum atomic E-state index is -0.924. The van der Waals surface area contributed by atoms with Crippen molar-refractivity contribution in [2.45, 2.75) is 24.6 Å². The molecule has 1 aliphatic rings. The SMILES string of the molecule is CO[C@@H]1O[C@H](CSC)[C@@H](O)[C@@H]1O. The number of methoxy groups -OCH3 is 1. The number of hydrogen-bond acceptors (Lipinski definition) is 5. The molecular weight excluding hydrogens is 180 g/mol. The lowest BCUT2D eigenvalue weighted by Gasteiger charge is -2.11. The molecule has 1 heterocycles. The molecule has 0 unspecified atom stereocenters. The van der Waals surface area contributed by atoms with Gasteiger partial charge in [-0.3, -0.25) is 0 Å². The summed E-state index contributed by atoms with van der Waals surface area (Å²) in [6.45, 7) is 0. The quantitative estimate of drug-likeness (QED) is 0.631. The molecule has 0 aromatic carbocycles. The van der Waals surface area contributed by atoms with Crippen molar-refractivity contribution in [1.29, 1.82) is 0 Å². The fourth-order valence-electron chi connectivity index (χ4n) is 1.21. The highest BCUT2D eigenvalue weighted by atomic mass is 32.2. The maximum Gasteiger partial charge on any atom is 0.186 e. The van der Waals surface area contributed by atoms with Crippen molar-refractivity contribution in [3.63, 3.8) is 0 Å². The van der Waals surface area contributed by atoms with Crippen LogP contribution in [0.15, 0.2) is 0 Å². The van der Waals surface area contributed by atoms with E-state index in [1.165, 1.54) is 7.11 Å². The molecule has 0 aromatic rings. The summed E-state index contributed by atoms with van der Waals surface area (Å²) in [7, 11) is 1.45. The van der Waals surface area contributed by atoms with Gasteiger partial charge in [0, 0.05) is 12.9 Å². The van der Waals surface area contributed by atoms with Crippen molar-refractivity contribution in [2.24, 2.45) is 0 Å². The number of aliphatic hydroxyl groups is 2. The lowest BCUT2D eigenvalue weighted by Crippen LogP contribution is -2.33. The zero-order chi connectivity index (χ0) is 9.14. The molecule has 0 amide bonds. The van der Waals surface area contributed by atoms with Crippen LogP contribution in [0.4, 0.5) is 0 Å². The van der Waals surface area contributed by atoms with E-state index >= 15 is 0 Å². The van der Waals surface area contributed by atoms with Crippen LogP contribution in [0.3, 0.4) is 0 Å². The molecule has 0 bridgehead atoms. The summed E-state index contributed by atoms with van der Waals surface area (Å²) in [5.41, 5.74) is 0. The Hall–Kier alpha value is 0.190. The fraction of sp³-hybridized carbons (Fsp3) is 1.00. The molecule has 0 saturated carbocycles. The van der Waals surface area contributed by atoms with Gasteiger partial charge in [0.2, 0.25) is 0 Å². The number of thioether (sulfide) groups is 1. The third-order valence-corrected chi connectivity index (χ3v) is 2.54. The Balaban J connectivity index is 2.48. The molecule has 2 N–H and O–H groups in total. The van der Waals surface area contributed by atoms with E-state index in [2.05, 4.69) is 0 Å². The van der Waals surface area contributed by atoms with E-state index in [1.54, 1.807) is 11.8 Å². The minimum absolute atomic E-state index is 0.319. The van der Waals surface area contributed by atoms with E-state index in [-0.39, 0.29) is 6.10 Å². The molecule has 1 saturated heterocycles. The van der Waals surface area contributed by atoms with E-state index in [0.29, 0.717) is 5.75 Å².